The van der Waals surface area contributed by atoms with Gasteiger partial charge in [-0.05, 0) is 78.4 Å². The lowest BCUT2D eigenvalue weighted by Gasteiger charge is -2.24. The summed E-state index contributed by atoms with van der Waals surface area (Å²) in [7, 11) is 2.86. The van der Waals surface area contributed by atoms with Gasteiger partial charge in [0.1, 0.15) is 11.8 Å². The average molecular weight is 538 g/mol. The van der Waals surface area contributed by atoms with Crippen LogP contribution in [0.25, 0.3) is 0 Å². The molecule has 4 rings (SSSR count). The van der Waals surface area contributed by atoms with Gasteiger partial charge in [0.05, 0.1) is 31.9 Å². The van der Waals surface area contributed by atoms with Gasteiger partial charge < -0.3 is 19.7 Å². The highest BCUT2D eigenvalue weighted by Gasteiger charge is 2.44. The first-order valence-electron chi connectivity index (χ1n) is 11.3. The van der Waals surface area contributed by atoms with E-state index in [0.29, 0.717) is 39.4 Å². The Labute approximate surface area is 224 Å². The summed E-state index contributed by atoms with van der Waals surface area (Å²) in [5.41, 5.74) is 2.32. The molecule has 0 radical (unpaired) electrons. The van der Waals surface area contributed by atoms with Crippen molar-refractivity contribution in [1.82, 2.24) is 4.90 Å². The van der Waals surface area contributed by atoms with Crippen LogP contribution < -0.4 is 15.0 Å². The number of benzene rings is 3. The van der Waals surface area contributed by atoms with E-state index in [9.17, 15) is 14.4 Å². The molecule has 2 amide bonds. The lowest BCUT2D eigenvalue weighted by Crippen LogP contribution is -2.37. The minimum atomic E-state index is -0.820. The summed E-state index contributed by atoms with van der Waals surface area (Å²) in [4.78, 5) is 41.4. The number of rotatable bonds is 8. The first-order chi connectivity index (χ1) is 17.8. The summed E-state index contributed by atoms with van der Waals surface area (Å²) < 4.78 is 9.91. The van der Waals surface area contributed by atoms with Gasteiger partial charge in [0.25, 0.3) is 5.91 Å². The molecule has 1 aliphatic heterocycles. The molecule has 1 N–H and O–H groups in total. The van der Waals surface area contributed by atoms with Crippen molar-refractivity contribution in [3.8, 4) is 5.75 Å². The predicted molar refractivity (Wildman–Crippen MR) is 145 cm³/mol. The van der Waals surface area contributed by atoms with Gasteiger partial charge >= 0.3 is 5.97 Å². The number of anilines is 2. The topological polar surface area (TPSA) is 88.2 Å². The molecular weight excluding hydrogens is 514 g/mol. The summed E-state index contributed by atoms with van der Waals surface area (Å²) in [6.07, 6.45) is -0.127. The molecule has 0 aliphatic carbocycles. The van der Waals surface area contributed by atoms with Gasteiger partial charge in [0.15, 0.2) is 5.11 Å². The number of ether oxygens (including phenoxy) is 2. The first kappa shape index (κ1) is 26.1. The molecule has 0 saturated carbocycles. The van der Waals surface area contributed by atoms with Crippen molar-refractivity contribution in [2.24, 2.45) is 0 Å². The molecule has 3 aromatic carbocycles. The van der Waals surface area contributed by atoms with Gasteiger partial charge in [-0.1, -0.05) is 23.7 Å². The second kappa shape index (κ2) is 11.4. The van der Waals surface area contributed by atoms with Crippen LogP contribution in [0, 0.1) is 0 Å². The smallest absolute Gasteiger partial charge is 0.337 e. The first-order valence-corrected chi connectivity index (χ1v) is 12.1. The number of halogens is 1. The van der Waals surface area contributed by atoms with E-state index in [2.05, 4.69) is 5.32 Å². The van der Waals surface area contributed by atoms with Crippen LogP contribution in [0.4, 0.5) is 11.4 Å². The highest BCUT2D eigenvalue weighted by atomic mass is 35.5. The summed E-state index contributed by atoms with van der Waals surface area (Å²) in [5.74, 6) is -0.502. The van der Waals surface area contributed by atoms with Crippen LogP contribution in [0.15, 0.2) is 72.8 Å². The Bertz CT molecular complexity index is 1310. The molecule has 0 bridgehead atoms. The zero-order valence-corrected chi connectivity index (χ0v) is 21.7. The average Bonchev–Trinajstić information content (AvgIpc) is 3.13. The fourth-order valence-electron chi connectivity index (χ4n) is 3.96. The molecular formula is C27H24ClN3O5S. The second-order valence-electron chi connectivity index (χ2n) is 8.25. The van der Waals surface area contributed by atoms with E-state index in [0.717, 1.165) is 5.56 Å². The molecule has 1 atom stereocenters. The summed E-state index contributed by atoms with van der Waals surface area (Å²) >= 11 is 11.7. The Hall–Kier alpha value is -3.95. The molecule has 1 saturated heterocycles. The van der Waals surface area contributed by atoms with Crippen molar-refractivity contribution >= 4 is 58.1 Å². The third-order valence-electron chi connectivity index (χ3n) is 5.88. The van der Waals surface area contributed by atoms with Gasteiger partial charge in [-0.15, -0.1) is 0 Å². The van der Waals surface area contributed by atoms with Gasteiger partial charge in [-0.3, -0.25) is 14.5 Å². The summed E-state index contributed by atoms with van der Waals surface area (Å²) in [5, 5.41) is 3.68. The SMILES string of the molecule is COC(=O)c1ccc(NC(=O)CC2C(=O)N(c3ccc(OC)cc3)C(=S)N2Cc2ccc(Cl)cc2)cc1. The highest BCUT2D eigenvalue weighted by molar-refractivity contribution is 7.80. The fourth-order valence-corrected chi connectivity index (χ4v) is 4.48. The van der Waals surface area contributed by atoms with E-state index < -0.39 is 12.0 Å². The number of carbonyl (C=O) groups is 3. The number of thiocarbonyl (C=S) groups is 1. The van der Waals surface area contributed by atoms with Gasteiger partial charge in [0.2, 0.25) is 5.91 Å². The Morgan fingerprint density at radius 1 is 0.973 bits per heavy atom. The van der Waals surface area contributed by atoms with Crippen LogP contribution in [0.5, 0.6) is 5.75 Å². The van der Waals surface area contributed by atoms with E-state index in [4.69, 9.17) is 33.3 Å². The van der Waals surface area contributed by atoms with Gasteiger partial charge in [-0.2, -0.15) is 0 Å². The molecule has 0 spiro atoms. The lowest BCUT2D eigenvalue weighted by atomic mass is 10.1. The minimum Gasteiger partial charge on any atom is -0.497 e. The Morgan fingerprint density at radius 3 is 2.22 bits per heavy atom. The van der Waals surface area contributed by atoms with Crippen LogP contribution in [-0.4, -0.2) is 48.1 Å². The predicted octanol–water partition coefficient (Wildman–Crippen LogP) is 4.67. The number of nitrogens with one attached hydrogen (secondary N) is 1. The molecule has 8 nitrogen and oxygen atoms in total. The largest absolute Gasteiger partial charge is 0.497 e. The van der Waals surface area contributed by atoms with Gasteiger partial charge in [0, 0.05) is 17.3 Å². The molecule has 3 aromatic rings. The van der Waals surface area contributed by atoms with Crippen molar-refractivity contribution in [2.45, 2.75) is 19.0 Å². The quantitative estimate of drug-likeness (QED) is 0.330. The van der Waals surface area contributed by atoms with Crippen LogP contribution >= 0.6 is 23.8 Å². The number of nitrogens with zero attached hydrogens (tertiary/aromatic N) is 2. The molecule has 1 heterocycles. The fraction of sp³-hybridized carbons (Fsp3) is 0.185. The van der Waals surface area contributed by atoms with E-state index in [1.54, 1.807) is 72.7 Å². The zero-order chi connectivity index (χ0) is 26.5. The monoisotopic (exact) mass is 537 g/mol. The zero-order valence-electron chi connectivity index (χ0n) is 20.1. The van der Waals surface area contributed by atoms with Crippen LogP contribution in [-0.2, 0) is 20.9 Å². The standard InChI is InChI=1S/C27H24ClN3O5S/c1-35-22-13-11-21(12-14-22)31-25(33)23(30(27(31)37)16-17-3-7-19(28)8-4-17)15-24(32)29-20-9-5-18(6-10-20)26(34)36-2/h3-14,23H,15-16H2,1-2H3,(H,29,32). The van der Waals surface area contributed by atoms with E-state index in [1.165, 1.54) is 12.0 Å². The van der Waals surface area contributed by atoms with Crippen molar-refractivity contribution in [3.63, 3.8) is 0 Å². The van der Waals surface area contributed by atoms with Crippen LogP contribution in [0.1, 0.15) is 22.3 Å². The van der Waals surface area contributed by atoms with E-state index >= 15 is 0 Å². The van der Waals surface area contributed by atoms with Crippen LogP contribution in [0.3, 0.4) is 0 Å². The molecule has 0 aromatic heterocycles. The number of hydrogen-bond donors (Lipinski definition) is 1. The van der Waals surface area contributed by atoms with Crippen molar-refractivity contribution in [3.05, 3.63) is 88.9 Å². The Balaban J connectivity index is 1.56. The number of hydrogen-bond acceptors (Lipinski definition) is 6. The third kappa shape index (κ3) is 5.90. The Kier molecular flexibility index (Phi) is 8.05. The van der Waals surface area contributed by atoms with Crippen molar-refractivity contribution in [1.29, 1.82) is 0 Å². The lowest BCUT2D eigenvalue weighted by molar-refractivity contribution is -0.124. The number of carbonyl (C=O) groups excluding carboxylic acids is 3. The summed E-state index contributed by atoms with van der Waals surface area (Å²) in [6, 6.07) is 19.7. The molecule has 1 fully saturated rings. The minimum absolute atomic E-state index is 0.127. The van der Waals surface area contributed by atoms with Crippen LogP contribution in [0.2, 0.25) is 5.02 Å². The number of esters is 1. The second-order valence-corrected chi connectivity index (χ2v) is 9.05. The molecule has 1 unspecified atom stereocenters. The van der Waals surface area contributed by atoms with Crippen molar-refractivity contribution in [2.75, 3.05) is 24.4 Å². The van der Waals surface area contributed by atoms with E-state index in [1.807, 2.05) is 12.1 Å². The highest BCUT2D eigenvalue weighted by Crippen LogP contribution is 2.30. The molecule has 1 aliphatic rings. The van der Waals surface area contributed by atoms with Crippen molar-refractivity contribution < 1.29 is 23.9 Å². The van der Waals surface area contributed by atoms with E-state index in [-0.39, 0.29) is 18.2 Å². The molecule has 190 valence electrons. The van der Waals surface area contributed by atoms with Gasteiger partial charge in [-0.25, -0.2) is 4.79 Å². The Morgan fingerprint density at radius 2 is 1.62 bits per heavy atom. The molecule has 10 heteroatoms. The maximum Gasteiger partial charge on any atom is 0.337 e. The maximum atomic E-state index is 13.6. The normalized spacial score (nSPS) is 15.1. The number of amides is 2. The summed E-state index contributed by atoms with van der Waals surface area (Å²) in [6.45, 7) is 0.320. The third-order valence-corrected chi connectivity index (χ3v) is 6.55. The maximum absolute atomic E-state index is 13.6. The number of methoxy groups -OCH3 is 2. The molecule has 37 heavy (non-hydrogen) atoms.